The van der Waals surface area contributed by atoms with Gasteiger partial charge in [-0.05, 0) is 37.0 Å². The largest absolute Gasteiger partial charge is 0.489 e. The Kier molecular flexibility index (Phi) is 3.37. The van der Waals surface area contributed by atoms with Gasteiger partial charge in [0.1, 0.15) is 11.9 Å². The van der Waals surface area contributed by atoms with Gasteiger partial charge < -0.3 is 10.1 Å². The second-order valence-corrected chi connectivity index (χ2v) is 6.60. The smallest absolute Gasteiger partial charge is 0.255 e. The third-order valence-electron chi connectivity index (χ3n) is 5.23. The van der Waals surface area contributed by atoms with Crippen LogP contribution in [0.25, 0.3) is 0 Å². The van der Waals surface area contributed by atoms with Gasteiger partial charge in [0.25, 0.3) is 5.91 Å². The van der Waals surface area contributed by atoms with Crippen molar-refractivity contribution in [3.63, 3.8) is 0 Å². The van der Waals surface area contributed by atoms with Crippen LogP contribution in [0.3, 0.4) is 0 Å². The molecule has 0 fully saturated rings. The fourth-order valence-electron chi connectivity index (χ4n) is 3.71. The summed E-state index contributed by atoms with van der Waals surface area (Å²) in [5.74, 6) is 1.05. The van der Waals surface area contributed by atoms with E-state index in [1.807, 2.05) is 18.2 Å². The topological polar surface area (TPSA) is 38.3 Å². The number of ether oxygens (including phenoxy) is 1. The van der Waals surface area contributed by atoms with Gasteiger partial charge in [-0.2, -0.15) is 0 Å². The SMILES string of the molecule is CC1Oc2c(C(=O)NC3CCc4ccccc43)cccc2C1C. The number of benzene rings is 2. The minimum absolute atomic E-state index is 0.0372. The summed E-state index contributed by atoms with van der Waals surface area (Å²) in [7, 11) is 0. The second kappa shape index (κ2) is 5.41. The number of amides is 1. The van der Waals surface area contributed by atoms with Gasteiger partial charge in [-0.15, -0.1) is 0 Å². The lowest BCUT2D eigenvalue weighted by Gasteiger charge is -2.15. The molecular formula is C20H21NO2. The van der Waals surface area contributed by atoms with Crippen LogP contribution in [0, 0.1) is 0 Å². The first-order valence-electron chi connectivity index (χ1n) is 8.33. The number of para-hydroxylation sites is 1. The number of hydrogen-bond donors (Lipinski definition) is 1. The van der Waals surface area contributed by atoms with E-state index in [4.69, 9.17) is 4.74 Å². The van der Waals surface area contributed by atoms with Gasteiger partial charge >= 0.3 is 0 Å². The summed E-state index contributed by atoms with van der Waals surface area (Å²) in [4.78, 5) is 12.8. The first-order chi connectivity index (χ1) is 11.1. The predicted octanol–water partition coefficient (Wildman–Crippen LogP) is 3.99. The molecule has 2 aromatic rings. The Morgan fingerprint density at radius 1 is 1.09 bits per heavy atom. The summed E-state index contributed by atoms with van der Waals surface area (Å²) in [6.07, 6.45) is 2.11. The molecule has 1 N–H and O–H groups in total. The third kappa shape index (κ3) is 2.31. The van der Waals surface area contributed by atoms with Crippen molar-refractivity contribution in [2.45, 2.75) is 44.8 Å². The van der Waals surface area contributed by atoms with Gasteiger partial charge in [0.2, 0.25) is 0 Å². The normalized spacial score (nSPS) is 24.7. The molecule has 0 spiro atoms. The molecule has 3 atom stereocenters. The summed E-state index contributed by atoms with van der Waals surface area (Å²) in [6, 6.07) is 14.3. The molecule has 23 heavy (non-hydrogen) atoms. The predicted molar refractivity (Wildman–Crippen MR) is 89.9 cm³/mol. The molecule has 1 heterocycles. The second-order valence-electron chi connectivity index (χ2n) is 6.60. The average Bonchev–Trinajstić information content (AvgIpc) is 3.09. The monoisotopic (exact) mass is 307 g/mol. The summed E-state index contributed by atoms with van der Waals surface area (Å²) in [6.45, 7) is 4.20. The molecule has 3 nitrogen and oxygen atoms in total. The first-order valence-corrected chi connectivity index (χ1v) is 8.33. The van der Waals surface area contributed by atoms with Crippen molar-refractivity contribution >= 4 is 5.91 Å². The van der Waals surface area contributed by atoms with Crippen LogP contribution in [-0.2, 0) is 6.42 Å². The molecule has 1 aliphatic heterocycles. The van der Waals surface area contributed by atoms with E-state index in [1.165, 1.54) is 11.1 Å². The van der Waals surface area contributed by atoms with Crippen molar-refractivity contribution in [3.05, 3.63) is 64.7 Å². The maximum absolute atomic E-state index is 12.8. The summed E-state index contributed by atoms with van der Waals surface area (Å²) >= 11 is 0. The first kappa shape index (κ1) is 14.3. The van der Waals surface area contributed by atoms with Gasteiger partial charge in [0, 0.05) is 11.5 Å². The Hall–Kier alpha value is -2.29. The van der Waals surface area contributed by atoms with E-state index >= 15 is 0 Å². The summed E-state index contributed by atoms with van der Waals surface area (Å²) < 4.78 is 5.94. The lowest BCUT2D eigenvalue weighted by atomic mass is 9.96. The van der Waals surface area contributed by atoms with E-state index in [2.05, 4.69) is 43.4 Å². The van der Waals surface area contributed by atoms with Crippen molar-refractivity contribution in [2.75, 3.05) is 0 Å². The maximum atomic E-state index is 12.8. The standard InChI is InChI=1S/C20H21NO2/c1-12-13(2)23-19-15(12)8-5-9-17(19)20(22)21-18-11-10-14-6-3-4-7-16(14)18/h3-9,12-13,18H,10-11H2,1-2H3,(H,21,22). The van der Waals surface area contributed by atoms with Gasteiger partial charge in [0.05, 0.1) is 11.6 Å². The van der Waals surface area contributed by atoms with Crippen molar-refractivity contribution in [3.8, 4) is 5.75 Å². The van der Waals surface area contributed by atoms with Crippen LogP contribution in [0.1, 0.15) is 59.3 Å². The summed E-state index contributed by atoms with van der Waals surface area (Å²) in [5, 5.41) is 3.19. The zero-order chi connectivity index (χ0) is 16.0. The zero-order valence-corrected chi connectivity index (χ0v) is 13.5. The Morgan fingerprint density at radius 2 is 1.87 bits per heavy atom. The number of carbonyl (C=O) groups is 1. The highest BCUT2D eigenvalue weighted by atomic mass is 16.5. The summed E-state index contributed by atoms with van der Waals surface area (Å²) in [5.41, 5.74) is 4.38. The highest BCUT2D eigenvalue weighted by molar-refractivity contribution is 5.98. The molecule has 0 radical (unpaired) electrons. The lowest BCUT2D eigenvalue weighted by Crippen LogP contribution is -2.27. The fraction of sp³-hybridized carbons (Fsp3) is 0.350. The van der Waals surface area contributed by atoms with Gasteiger partial charge in [-0.1, -0.05) is 43.3 Å². The highest BCUT2D eigenvalue weighted by Crippen LogP contribution is 2.40. The van der Waals surface area contributed by atoms with Crippen LogP contribution >= 0.6 is 0 Å². The molecule has 0 bridgehead atoms. The van der Waals surface area contributed by atoms with E-state index in [-0.39, 0.29) is 18.1 Å². The molecular weight excluding hydrogens is 286 g/mol. The number of hydrogen-bond acceptors (Lipinski definition) is 2. The molecule has 3 unspecified atom stereocenters. The molecule has 0 aromatic heterocycles. The molecule has 1 aliphatic carbocycles. The Labute approximate surface area is 136 Å². The third-order valence-corrected chi connectivity index (χ3v) is 5.23. The van der Waals surface area contributed by atoms with E-state index in [0.29, 0.717) is 11.5 Å². The van der Waals surface area contributed by atoms with Crippen molar-refractivity contribution < 1.29 is 9.53 Å². The Balaban J connectivity index is 1.60. The van der Waals surface area contributed by atoms with Crippen molar-refractivity contribution in [1.82, 2.24) is 5.32 Å². The fourth-order valence-corrected chi connectivity index (χ4v) is 3.71. The van der Waals surface area contributed by atoms with Gasteiger partial charge in [-0.3, -0.25) is 4.79 Å². The van der Waals surface area contributed by atoms with Crippen LogP contribution in [-0.4, -0.2) is 12.0 Å². The van der Waals surface area contributed by atoms with Crippen molar-refractivity contribution in [1.29, 1.82) is 0 Å². The van der Waals surface area contributed by atoms with Gasteiger partial charge in [0.15, 0.2) is 0 Å². The van der Waals surface area contributed by atoms with E-state index < -0.39 is 0 Å². The number of rotatable bonds is 2. The maximum Gasteiger partial charge on any atom is 0.255 e. The minimum atomic E-state index is -0.0372. The van der Waals surface area contributed by atoms with Crippen LogP contribution in [0.15, 0.2) is 42.5 Å². The van der Waals surface area contributed by atoms with E-state index in [9.17, 15) is 4.79 Å². The lowest BCUT2D eigenvalue weighted by molar-refractivity contribution is 0.0931. The number of aryl methyl sites for hydroxylation is 1. The molecule has 1 amide bonds. The zero-order valence-electron chi connectivity index (χ0n) is 13.5. The van der Waals surface area contributed by atoms with Crippen molar-refractivity contribution in [2.24, 2.45) is 0 Å². The number of fused-ring (bicyclic) bond motifs is 2. The Morgan fingerprint density at radius 3 is 2.74 bits per heavy atom. The Bertz CT molecular complexity index is 768. The van der Waals surface area contributed by atoms with E-state index in [0.717, 1.165) is 24.2 Å². The minimum Gasteiger partial charge on any atom is -0.489 e. The molecule has 2 aliphatic rings. The van der Waals surface area contributed by atoms with Crippen LogP contribution in [0.4, 0.5) is 0 Å². The number of nitrogens with one attached hydrogen (secondary N) is 1. The quantitative estimate of drug-likeness (QED) is 0.911. The number of carbonyl (C=O) groups excluding carboxylic acids is 1. The van der Waals surface area contributed by atoms with Crippen LogP contribution < -0.4 is 10.1 Å². The molecule has 3 heteroatoms. The van der Waals surface area contributed by atoms with Crippen LogP contribution in [0.5, 0.6) is 5.75 Å². The molecule has 0 saturated carbocycles. The van der Waals surface area contributed by atoms with Crippen LogP contribution in [0.2, 0.25) is 0 Å². The molecule has 4 rings (SSSR count). The molecule has 0 saturated heterocycles. The average molecular weight is 307 g/mol. The molecule has 2 aromatic carbocycles. The highest BCUT2D eigenvalue weighted by Gasteiger charge is 2.32. The van der Waals surface area contributed by atoms with Gasteiger partial charge in [-0.25, -0.2) is 0 Å². The van der Waals surface area contributed by atoms with E-state index in [1.54, 1.807) is 0 Å². The molecule has 118 valence electrons.